The van der Waals surface area contributed by atoms with Crippen LogP contribution in [0.3, 0.4) is 0 Å². The van der Waals surface area contributed by atoms with Crippen LogP contribution in [0.2, 0.25) is 0 Å². The van der Waals surface area contributed by atoms with E-state index in [1.54, 1.807) is 4.90 Å². The zero-order chi connectivity index (χ0) is 19.2. The summed E-state index contributed by atoms with van der Waals surface area (Å²) < 4.78 is 5.73. The van der Waals surface area contributed by atoms with Gasteiger partial charge in [0.05, 0.1) is 6.04 Å². The van der Waals surface area contributed by atoms with Gasteiger partial charge < -0.3 is 19.7 Å². The number of carbonyl (C=O) groups is 2. The third-order valence-corrected chi connectivity index (χ3v) is 4.96. The Bertz CT molecular complexity index is 771. The predicted octanol–water partition coefficient (Wildman–Crippen LogP) is 3.91. The quantitative estimate of drug-likeness (QED) is 0.774. The average Bonchev–Trinajstić information content (AvgIpc) is 3.29. The Morgan fingerprint density at radius 3 is 2.70 bits per heavy atom. The van der Waals surface area contributed by atoms with E-state index in [0.717, 1.165) is 29.9 Å². The van der Waals surface area contributed by atoms with Crippen LogP contribution in [0.1, 0.15) is 48.8 Å². The molecule has 2 heterocycles. The molecule has 144 valence electrons. The maximum absolute atomic E-state index is 12.9. The molecule has 0 spiro atoms. The number of urea groups is 1. The number of nitrogens with one attached hydrogen (secondary N) is 1. The van der Waals surface area contributed by atoms with E-state index in [4.69, 9.17) is 9.52 Å². The van der Waals surface area contributed by atoms with Gasteiger partial charge in [-0.2, -0.15) is 0 Å². The molecule has 1 aromatic heterocycles. The topological polar surface area (TPSA) is 82.8 Å². The van der Waals surface area contributed by atoms with Gasteiger partial charge in [-0.3, -0.25) is 4.79 Å². The highest BCUT2D eigenvalue weighted by molar-refractivity contribution is 5.75. The number of benzene rings is 1. The van der Waals surface area contributed by atoms with Gasteiger partial charge in [0.2, 0.25) is 0 Å². The number of rotatable bonds is 7. The number of aryl methyl sites for hydroxylation is 1. The Morgan fingerprint density at radius 1 is 1.26 bits per heavy atom. The van der Waals surface area contributed by atoms with Crippen molar-refractivity contribution in [2.24, 2.45) is 0 Å². The fourth-order valence-electron chi connectivity index (χ4n) is 3.62. The summed E-state index contributed by atoms with van der Waals surface area (Å²) >= 11 is 0. The number of nitrogens with zero attached hydrogens (tertiary/aromatic N) is 1. The van der Waals surface area contributed by atoms with Crippen molar-refractivity contribution in [2.45, 2.75) is 51.1 Å². The average molecular weight is 370 g/mol. The first-order valence-corrected chi connectivity index (χ1v) is 9.42. The molecule has 6 nitrogen and oxygen atoms in total. The van der Waals surface area contributed by atoms with E-state index in [1.165, 1.54) is 0 Å². The van der Waals surface area contributed by atoms with Crippen molar-refractivity contribution in [1.82, 2.24) is 10.2 Å². The lowest BCUT2D eigenvalue weighted by Crippen LogP contribution is -2.45. The Balaban J connectivity index is 1.67. The minimum absolute atomic E-state index is 0.0264. The van der Waals surface area contributed by atoms with Gasteiger partial charge in [0.15, 0.2) is 0 Å². The number of hydrogen-bond acceptors (Lipinski definition) is 3. The summed E-state index contributed by atoms with van der Waals surface area (Å²) in [7, 11) is 0. The van der Waals surface area contributed by atoms with Gasteiger partial charge in [0, 0.05) is 19.0 Å². The molecule has 2 amide bonds. The van der Waals surface area contributed by atoms with E-state index in [9.17, 15) is 9.59 Å². The Hall–Kier alpha value is -2.76. The number of furan rings is 1. The van der Waals surface area contributed by atoms with Crippen LogP contribution >= 0.6 is 0 Å². The maximum Gasteiger partial charge on any atom is 0.318 e. The van der Waals surface area contributed by atoms with E-state index < -0.39 is 5.97 Å². The van der Waals surface area contributed by atoms with E-state index in [-0.39, 0.29) is 24.5 Å². The summed E-state index contributed by atoms with van der Waals surface area (Å²) in [4.78, 5) is 25.7. The number of carboxylic acids is 1. The lowest BCUT2D eigenvalue weighted by atomic mass is 10.0. The number of amides is 2. The zero-order valence-corrected chi connectivity index (χ0v) is 15.6. The van der Waals surface area contributed by atoms with Crippen LogP contribution in [0, 0.1) is 6.92 Å². The van der Waals surface area contributed by atoms with Crippen LogP contribution in [-0.2, 0) is 11.2 Å². The van der Waals surface area contributed by atoms with E-state index in [1.807, 2.05) is 49.4 Å². The van der Waals surface area contributed by atoms with Crippen LogP contribution in [-0.4, -0.2) is 34.6 Å². The van der Waals surface area contributed by atoms with E-state index in [2.05, 4.69) is 5.32 Å². The molecule has 0 radical (unpaired) electrons. The monoisotopic (exact) mass is 370 g/mol. The lowest BCUT2D eigenvalue weighted by molar-refractivity contribution is -0.137. The molecule has 1 aliphatic heterocycles. The molecule has 2 N–H and O–H groups in total. The Labute approximate surface area is 159 Å². The van der Waals surface area contributed by atoms with Gasteiger partial charge in [-0.25, -0.2) is 4.79 Å². The molecule has 1 fully saturated rings. The van der Waals surface area contributed by atoms with Crippen molar-refractivity contribution in [3.05, 3.63) is 59.5 Å². The third kappa shape index (κ3) is 5.12. The molecule has 1 aromatic carbocycles. The Kier molecular flexibility index (Phi) is 6.16. The maximum atomic E-state index is 12.9. The Morgan fingerprint density at radius 2 is 2.04 bits per heavy atom. The fraction of sp³-hybridized carbons (Fsp3) is 0.429. The number of aliphatic carboxylic acids is 1. The van der Waals surface area contributed by atoms with Gasteiger partial charge in [-0.05, 0) is 50.3 Å². The first-order chi connectivity index (χ1) is 13.0. The fourth-order valence-corrected chi connectivity index (χ4v) is 3.62. The van der Waals surface area contributed by atoms with Crippen LogP contribution in [0.4, 0.5) is 4.79 Å². The van der Waals surface area contributed by atoms with Crippen molar-refractivity contribution in [3.63, 3.8) is 0 Å². The van der Waals surface area contributed by atoms with Gasteiger partial charge in [-0.1, -0.05) is 30.3 Å². The van der Waals surface area contributed by atoms with Crippen LogP contribution in [0.5, 0.6) is 0 Å². The van der Waals surface area contributed by atoms with Crippen molar-refractivity contribution < 1.29 is 19.1 Å². The predicted molar refractivity (Wildman–Crippen MR) is 101 cm³/mol. The summed E-state index contributed by atoms with van der Waals surface area (Å²) in [6, 6.07) is 13.2. The first kappa shape index (κ1) is 19.0. The normalized spacial score (nSPS) is 17.7. The summed E-state index contributed by atoms with van der Waals surface area (Å²) in [6.07, 6.45) is 2.83. The summed E-state index contributed by atoms with van der Waals surface area (Å²) in [5.74, 6) is 0.790. The molecular formula is C21H26N2O4. The molecule has 1 saturated heterocycles. The molecule has 0 saturated carbocycles. The van der Waals surface area contributed by atoms with Crippen LogP contribution in [0.15, 0.2) is 46.9 Å². The second-order valence-corrected chi connectivity index (χ2v) is 7.07. The SMILES string of the molecule is Cc1ccc(C2CCCN2C(=O)NC(CCC(=O)O)Cc2ccccc2)o1. The molecule has 0 bridgehead atoms. The largest absolute Gasteiger partial charge is 0.481 e. The van der Waals surface area contributed by atoms with Crippen molar-refractivity contribution in [2.75, 3.05) is 6.54 Å². The smallest absolute Gasteiger partial charge is 0.318 e. The number of likely N-dealkylation sites (tertiary alicyclic amines) is 1. The summed E-state index contributed by atoms with van der Waals surface area (Å²) in [5, 5.41) is 12.1. The molecule has 27 heavy (non-hydrogen) atoms. The summed E-state index contributed by atoms with van der Waals surface area (Å²) in [5.41, 5.74) is 1.08. The van der Waals surface area contributed by atoms with E-state index in [0.29, 0.717) is 19.4 Å². The van der Waals surface area contributed by atoms with Gasteiger partial charge >= 0.3 is 12.0 Å². The minimum Gasteiger partial charge on any atom is -0.481 e. The van der Waals surface area contributed by atoms with Crippen molar-refractivity contribution in [3.8, 4) is 0 Å². The van der Waals surface area contributed by atoms with Gasteiger partial charge in [-0.15, -0.1) is 0 Å². The van der Waals surface area contributed by atoms with E-state index >= 15 is 0 Å². The number of carbonyl (C=O) groups excluding carboxylic acids is 1. The molecule has 6 heteroatoms. The van der Waals surface area contributed by atoms with Crippen molar-refractivity contribution >= 4 is 12.0 Å². The molecule has 2 unspecified atom stereocenters. The summed E-state index contributed by atoms with van der Waals surface area (Å²) in [6.45, 7) is 2.57. The molecular weight excluding hydrogens is 344 g/mol. The molecule has 3 rings (SSSR count). The molecule has 0 aliphatic carbocycles. The van der Waals surface area contributed by atoms with Crippen LogP contribution in [0.25, 0.3) is 0 Å². The molecule has 1 aliphatic rings. The van der Waals surface area contributed by atoms with Crippen molar-refractivity contribution in [1.29, 1.82) is 0 Å². The molecule has 2 aromatic rings. The van der Waals surface area contributed by atoms with Crippen LogP contribution < -0.4 is 5.32 Å². The number of carboxylic acid groups (broad SMARTS) is 1. The van der Waals surface area contributed by atoms with Gasteiger partial charge in [0.1, 0.15) is 11.5 Å². The molecule has 2 atom stereocenters. The zero-order valence-electron chi connectivity index (χ0n) is 15.6. The highest BCUT2D eigenvalue weighted by atomic mass is 16.4. The second kappa shape index (κ2) is 8.75. The second-order valence-electron chi connectivity index (χ2n) is 7.07. The van der Waals surface area contributed by atoms with Gasteiger partial charge in [0.25, 0.3) is 0 Å². The standard InChI is InChI=1S/C21H26N2O4/c1-15-9-11-19(27-15)18-8-5-13-23(18)21(26)22-17(10-12-20(24)25)14-16-6-3-2-4-7-16/h2-4,6-7,9,11,17-18H,5,8,10,12-14H2,1H3,(H,22,26)(H,24,25). The highest BCUT2D eigenvalue weighted by Gasteiger charge is 2.33. The third-order valence-electron chi connectivity index (χ3n) is 4.96. The minimum atomic E-state index is -0.854. The highest BCUT2D eigenvalue weighted by Crippen LogP contribution is 2.33. The lowest BCUT2D eigenvalue weighted by Gasteiger charge is -2.27. The first-order valence-electron chi connectivity index (χ1n) is 9.42. The number of hydrogen-bond donors (Lipinski definition) is 2.